The van der Waals surface area contributed by atoms with Gasteiger partial charge >= 0.3 is 5.97 Å². The van der Waals surface area contributed by atoms with Crippen LogP contribution in [0.1, 0.15) is 45.6 Å². The summed E-state index contributed by atoms with van der Waals surface area (Å²) in [5.41, 5.74) is 7.32. The van der Waals surface area contributed by atoms with Gasteiger partial charge in [0.2, 0.25) is 0 Å². The number of halogens is 2. The zero-order chi connectivity index (χ0) is 20.3. The van der Waals surface area contributed by atoms with Crippen LogP contribution in [-0.4, -0.2) is 18.5 Å². The van der Waals surface area contributed by atoms with Crippen molar-refractivity contribution in [3.8, 4) is 6.07 Å². The second-order valence-electron chi connectivity index (χ2n) is 6.35. The molecule has 0 bridgehead atoms. The van der Waals surface area contributed by atoms with Gasteiger partial charge in [0.25, 0.3) is 5.91 Å². The maximum absolute atomic E-state index is 12.2. The van der Waals surface area contributed by atoms with E-state index in [2.05, 4.69) is 11.4 Å². The minimum atomic E-state index is -0.806. The van der Waals surface area contributed by atoms with Crippen molar-refractivity contribution in [2.45, 2.75) is 32.1 Å². The van der Waals surface area contributed by atoms with Crippen molar-refractivity contribution < 1.29 is 14.3 Å². The number of nitrogens with zero attached hydrogens (tertiary/aromatic N) is 1. The molecule has 9 heteroatoms. The predicted molar refractivity (Wildman–Crippen MR) is 110 cm³/mol. The SMILES string of the molecule is N#Cc1c(NC(=O)COC(=O)c2cc(Cl)cc(Cl)c2N)sc2c1CCCCC2. The number of hydrogen-bond acceptors (Lipinski definition) is 6. The fourth-order valence-electron chi connectivity index (χ4n) is 3.07. The van der Waals surface area contributed by atoms with Crippen LogP contribution in [0.25, 0.3) is 0 Å². The molecule has 1 amide bonds. The van der Waals surface area contributed by atoms with E-state index >= 15 is 0 Å². The zero-order valence-electron chi connectivity index (χ0n) is 14.8. The molecule has 1 heterocycles. The van der Waals surface area contributed by atoms with Gasteiger partial charge in [0.1, 0.15) is 11.1 Å². The molecule has 0 unspecified atom stereocenters. The Morgan fingerprint density at radius 3 is 2.75 bits per heavy atom. The molecule has 1 aliphatic carbocycles. The number of ether oxygens (including phenoxy) is 1. The summed E-state index contributed by atoms with van der Waals surface area (Å²) >= 11 is 13.2. The normalized spacial score (nSPS) is 13.2. The highest BCUT2D eigenvalue weighted by Crippen LogP contribution is 2.37. The number of nitrogen functional groups attached to an aromatic ring is 1. The topological polar surface area (TPSA) is 105 Å². The summed E-state index contributed by atoms with van der Waals surface area (Å²) in [6, 6.07) is 4.92. The Kier molecular flexibility index (Phi) is 6.45. The molecule has 2 aromatic rings. The summed E-state index contributed by atoms with van der Waals surface area (Å²) in [6.07, 6.45) is 5.00. The van der Waals surface area contributed by atoms with Crippen molar-refractivity contribution in [2.75, 3.05) is 17.7 Å². The molecule has 0 fully saturated rings. The molecule has 146 valence electrons. The highest BCUT2D eigenvalue weighted by molar-refractivity contribution is 7.16. The number of nitrogens with one attached hydrogen (secondary N) is 1. The van der Waals surface area contributed by atoms with E-state index in [0.717, 1.165) is 42.5 Å². The van der Waals surface area contributed by atoms with E-state index in [4.69, 9.17) is 33.7 Å². The fourth-order valence-corrected chi connectivity index (χ4v) is 4.82. The number of carbonyl (C=O) groups is 2. The van der Waals surface area contributed by atoms with Crippen LogP contribution in [0.5, 0.6) is 0 Å². The highest BCUT2D eigenvalue weighted by Gasteiger charge is 2.22. The van der Waals surface area contributed by atoms with E-state index in [0.29, 0.717) is 10.6 Å². The largest absolute Gasteiger partial charge is 0.452 e. The summed E-state index contributed by atoms with van der Waals surface area (Å²) in [7, 11) is 0. The number of anilines is 2. The van der Waals surface area contributed by atoms with Gasteiger partial charge < -0.3 is 15.8 Å². The van der Waals surface area contributed by atoms with Gasteiger partial charge in [0.15, 0.2) is 6.61 Å². The van der Waals surface area contributed by atoms with Crippen LogP contribution in [-0.2, 0) is 22.4 Å². The van der Waals surface area contributed by atoms with Crippen molar-refractivity contribution in [3.05, 3.63) is 43.7 Å². The molecule has 0 spiro atoms. The average Bonchev–Trinajstić information content (AvgIpc) is 2.82. The highest BCUT2D eigenvalue weighted by atomic mass is 35.5. The van der Waals surface area contributed by atoms with Gasteiger partial charge in [0.05, 0.1) is 21.8 Å². The molecule has 28 heavy (non-hydrogen) atoms. The molecular formula is C19H17Cl2N3O3S. The van der Waals surface area contributed by atoms with Crippen LogP contribution in [0.15, 0.2) is 12.1 Å². The number of amides is 1. The van der Waals surface area contributed by atoms with Crippen LogP contribution >= 0.6 is 34.5 Å². The van der Waals surface area contributed by atoms with Crippen molar-refractivity contribution in [3.63, 3.8) is 0 Å². The molecule has 1 aromatic carbocycles. The van der Waals surface area contributed by atoms with E-state index in [1.54, 1.807) is 0 Å². The van der Waals surface area contributed by atoms with Gasteiger partial charge in [0, 0.05) is 9.90 Å². The number of nitriles is 1. The van der Waals surface area contributed by atoms with Crippen molar-refractivity contribution in [2.24, 2.45) is 0 Å². The summed E-state index contributed by atoms with van der Waals surface area (Å²) in [4.78, 5) is 25.6. The first kappa shape index (κ1) is 20.5. The second-order valence-corrected chi connectivity index (χ2v) is 8.30. The fraction of sp³-hybridized carbons (Fsp3) is 0.316. The van der Waals surface area contributed by atoms with Gasteiger partial charge in [-0.3, -0.25) is 4.79 Å². The van der Waals surface area contributed by atoms with E-state index in [-0.39, 0.29) is 21.3 Å². The van der Waals surface area contributed by atoms with Crippen molar-refractivity contribution in [1.82, 2.24) is 0 Å². The van der Waals surface area contributed by atoms with Crippen molar-refractivity contribution >= 4 is 57.1 Å². The van der Waals surface area contributed by atoms with Crippen LogP contribution in [0.4, 0.5) is 10.7 Å². The smallest absolute Gasteiger partial charge is 0.340 e. The number of fused-ring (bicyclic) bond motifs is 1. The monoisotopic (exact) mass is 437 g/mol. The molecule has 0 saturated carbocycles. The lowest BCUT2D eigenvalue weighted by atomic mass is 10.1. The van der Waals surface area contributed by atoms with Gasteiger partial charge in [-0.15, -0.1) is 11.3 Å². The minimum absolute atomic E-state index is 0.00847. The van der Waals surface area contributed by atoms with E-state index in [9.17, 15) is 14.9 Å². The molecule has 0 aliphatic heterocycles. The van der Waals surface area contributed by atoms with Crippen LogP contribution in [0.2, 0.25) is 10.0 Å². The quantitative estimate of drug-likeness (QED) is 0.413. The molecule has 0 atom stereocenters. The first-order chi connectivity index (χ1) is 13.4. The predicted octanol–water partition coefficient (Wildman–Crippen LogP) is 4.57. The third-order valence-corrected chi connectivity index (χ3v) is 6.17. The van der Waals surface area contributed by atoms with E-state index in [1.165, 1.54) is 23.5 Å². The first-order valence-corrected chi connectivity index (χ1v) is 10.2. The molecule has 6 nitrogen and oxygen atoms in total. The number of benzene rings is 1. The van der Waals surface area contributed by atoms with Gasteiger partial charge in [-0.25, -0.2) is 4.79 Å². The van der Waals surface area contributed by atoms with Gasteiger partial charge in [-0.1, -0.05) is 29.6 Å². The lowest BCUT2D eigenvalue weighted by Gasteiger charge is -2.09. The lowest BCUT2D eigenvalue weighted by molar-refractivity contribution is -0.119. The van der Waals surface area contributed by atoms with Crippen LogP contribution in [0, 0.1) is 11.3 Å². The Hall–Kier alpha value is -2.27. The molecule has 0 saturated heterocycles. The number of nitrogens with two attached hydrogens (primary N) is 1. The van der Waals surface area contributed by atoms with Crippen LogP contribution in [0.3, 0.4) is 0 Å². The third kappa shape index (κ3) is 4.41. The maximum Gasteiger partial charge on any atom is 0.340 e. The molecular weight excluding hydrogens is 421 g/mol. The summed E-state index contributed by atoms with van der Waals surface area (Å²) < 4.78 is 5.02. The Balaban J connectivity index is 1.67. The lowest BCUT2D eigenvalue weighted by Crippen LogP contribution is -2.21. The van der Waals surface area contributed by atoms with Gasteiger partial charge in [-0.05, 0) is 43.4 Å². The van der Waals surface area contributed by atoms with E-state index in [1.807, 2.05) is 0 Å². The Morgan fingerprint density at radius 2 is 2.00 bits per heavy atom. The van der Waals surface area contributed by atoms with Crippen LogP contribution < -0.4 is 11.1 Å². The maximum atomic E-state index is 12.2. The zero-order valence-corrected chi connectivity index (χ0v) is 17.1. The summed E-state index contributed by atoms with van der Waals surface area (Å²) in [6.45, 7) is -0.518. The number of rotatable bonds is 4. The average molecular weight is 438 g/mol. The molecule has 1 aliphatic rings. The first-order valence-electron chi connectivity index (χ1n) is 8.66. The van der Waals surface area contributed by atoms with Crippen molar-refractivity contribution in [1.29, 1.82) is 5.26 Å². The molecule has 0 radical (unpaired) electrons. The number of carbonyl (C=O) groups excluding carboxylic acids is 2. The number of esters is 1. The second kappa shape index (κ2) is 8.82. The number of aryl methyl sites for hydroxylation is 1. The number of thiophene rings is 1. The summed E-state index contributed by atoms with van der Waals surface area (Å²) in [5, 5.41) is 13.0. The third-order valence-electron chi connectivity index (χ3n) is 4.43. The molecule has 3 rings (SSSR count). The molecule has 3 N–H and O–H groups in total. The molecule has 1 aromatic heterocycles. The Morgan fingerprint density at radius 1 is 1.25 bits per heavy atom. The Labute approximate surface area is 176 Å². The summed E-state index contributed by atoms with van der Waals surface area (Å²) in [5.74, 6) is -1.34. The number of hydrogen-bond donors (Lipinski definition) is 2. The van der Waals surface area contributed by atoms with Gasteiger partial charge in [-0.2, -0.15) is 5.26 Å². The minimum Gasteiger partial charge on any atom is -0.452 e. The Bertz CT molecular complexity index is 982. The van der Waals surface area contributed by atoms with E-state index < -0.39 is 18.5 Å². The standard InChI is InChI=1S/C19H17Cl2N3O3S/c20-10-6-12(17(23)14(21)7-10)19(26)27-9-16(25)24-18-13(8-22)11-4-2-1-3-5-15(11)28-18/h6-7H,1-5,9,23H2,(H,24,25).